The van der Waals surface area contributed by atoms with Crippen molar-refractivity contribution in [3.63, 3.8) is 0 Å². The molecule has 0 spiro atoms. The SMILES string of the molecule is CCC1CC2=C(C)/C(=C3/C(=O)C(c4[nH]c(NC(=O)C(C)(C)C)c(C(=O)OC5C(C(C)(C)C)CC(C)CC5C(C)(C)C)c4-c4ccccc4)=C3O)N=C2CC1C. The fourth-order valence-corrected chi connectivity index (χ4v) is 9.40. The van der Waals surface area contributed by atoms with E-state index in [2.05, 4.69) is 72.6 Å². The lowest BCUT2D eigenvalue weighted by atomic mass is 9.59. The number of H-pyrrole nitrogens is 1. The number of fused-ring (bicyclic) bond motifs is 1. The van der Waals surface area contributed by atoms with E-state index >= 15 is 4.79 Å². The molecule has 2 heterocycles. The van der Waals surface area contributed by atoms with Gasteiger partial charge in [0.2, 0.25) is 11.7 Å². The van der Waals surface area contributed by atoms with E-state index in [4.69, 9.17) is 9.73 Å². The molecule has 2 aromatic rings. The molecule has 0 radical (unpaired) electrons. The van der Waals surface area contributed by atoms with Crippen LogP contribution in [0.2, 0.25) is 0 Å². The second-order valence-corrected chi connectivity index (χ2v) is 20.1. The summed E-state index contributed by atoms with van der Waals surface area (Å²) >= 11 is 0. The number of carbonyl (C=O) groups excluding carboxylic acids is 3. The van der Waals surface area contributed by atoms with Crippen molar-refractivity contribution in [2.24, 2.45) is 50.8 Å². The number of ketones is 1. The summed E-state index contributed by atoms with van der Waals surface area (Å²) in [6.07, 6.45) is 4.30. The summed E-state index contributed by atoms with van der Waals surface area (Å²) in [5.41, 5.74) is 4.29. The van der Waals surface area contributed by atoms with Gasteiger partial charge in [0.15, 0.2) is 0 Å². The highest BCUT2D eigenvalue weighted by molar-refractivity contribution is 6.40. The first-order chi connectivity index (χ1) is 25.5. The first-order valence-corrected chi connectivity index (χ1v) is 20.4. The van der Waals surface area contributed by atoms with Gasteiger partial charge in [-0.05, 0) is 77.9 Å². The lowest BCUT2D eigenvalue weighted by Gasteiger charge is -2.50. The van der Waals surface area contributed by atoms with E-state index in [-0.39, 0.29) is 74.4 Å². The molecule has 4 unspecified atom stereocenters. The van der Waals surface area contributed by atoms with Gasteiger partial charge in [0.05, 0.1) is 22.5 Å². The average molecular weight is 750 g/mol. The van der Waals surface area contributed by atoms with Crippen molar-refractivity contribution in [3.05, 3.63) is 69.8 Å². The van der Waals surface area contributed by atoms with Crippen LogP contribution in [-0.4, -0.2) is 39.6 Å². The Morgan fingerprint density at radius 2 is 1.53 bits per heavy atom. The molecule has 8 nitrogen and oxygen atoms in total. The highest BCUT2D eigenvalue weighted by atomic mass is 16.5. The average Bonchev–Trinajstić information content (AvgIpc) is 3.60. The summed E-state index contributed by atoms with van der Waals surface area (Å²) in [6, 6.07) is 9.34. The zero-order valence-corrected chi connectivity index (χ0v) is 35.4. The number of aliphatic imine (C=N–C) groups is 1. The molecule has 1 aromatic carbocycles. The van der Waals surface area contributed by atoms with Gasteiger partial charge in [0.1, 0.15) is 23.2 Å². The van der Waals surface area contributed by atoms with Gasteiger partial charge in [0, 0.05) is 28.5 Å². The van der Waals surface area contributed by atoms with Crippen LogP contribution in [0, 0.1) is 45.8 Å². The van der Waals surface area contributed by atoms with Crippen LogP contribution in [-0.2, 0) is 14.3 Å². The van der Waals surface area contributed by atoms with Gasteiger partial charge in [-0.3, -0.25) is 14.6 Å². The number of ether oxygens (including phenoxy) is 1. The maximum Gasteiger partial charge on any atom is 0.342 e. The first kappa shape index (κ1) is 40.5. The third-order valence-electron chi connectivity index (χ3n) is 12.9. The fraction of sp³-hybridized carbons (Fsp3) is 0.574. The van der Waals surface area contributed by atoms with Crippen LogP contribution in [0.1, 0.15) is 138 Å². The molecule has 8 heteroatoms. The molecule has 3 aliphatic carbocycles. The zero-order chi connectivity index (χ0) is 40.5. The Kier molecular flexibility index (Phi) is 10.6. The molecule has 296 valence electrons. The van der Waals surface area contributed by atoms with E-state index < -0.39 is 11.4 Å². The molecule has 1 aromatic heterocycles. The number of aromatic amines is 1. The number of nitrogens with one attached hydrogen (secondary N) is 2. The molecule has 4 aliphatic rings. The summed E-state index contributed by atoms with van der Waals surface area (Å²) in [4.78, 5) is 51.3. The largest absolute Gasteiger partial charge is 0.506 e. The van der Waals surface area contributed by atoms with Crippen molar-refractivity contribution < 1.29 is 24.2 Å². The van der Waals surface area contributed by atoms with Gasteiger partial charge >= 0.3 is 5.97 Å². The van der Waals surface area contributed by atoms with Crippen molar-refractivity contribution in [3.8, 4) is 11.1 Å². The van der Waals surface area contributed by atoms with Crippen LogP contribution >= 0.6 is 0 Å². The van der Waals surface area contributed by atoms with Crippen LogP contribution in [0.15, 0.2) is 63.5 Å². The van der Waals surface area contributed by atoms with Crippen molar-refractivity contribution >= 4 is 34.8 Å². The quantitative estimate of drug-likeness (QED) is 0.201. The number of Topliss-reactive ketones (excluding diaryl/α,β-unsaturated/α-hetero) is 1. The van der Waals surface area contributed by atoms with Gasteiger partial charge in [-0.1, -0.05) is 120 Å². The number of nitrogens with zero attached hydrogens (tertiary/aromatic N) is 1. The summed E-state index contributed by atoms with van der Waals surface area (Å²) in [7, 11) is 0. The number of carbonyl (C=O) groups is 3. The normalized spacial score (nSPS) is 27.5. The predicted octanol–water partition coefficient (Wildman–Crippen LogP) is 11.3. The Hall–Kier alpha value is -4.20. The molecule has 3 N–H and O–H groups in total. The Morgan fingerprint density at radius 1 is 0.927 bits per heavy atom. The Balaban J connectivity index is 1.54. The smallest absolute Gasteiger partial charge is 0.342 e. The number of amides is 1. The van der Waals surface area contributed by atoms with Crippen LogP contribution in [0.5, 0.6) is 0 Å². The molecule has 1 amide bonds. The zero-order valence-electron chi connectivity index (χ0n) is 35.4. The molecule has 4 atom stereocenters. The van der Waals surface area contributed by atoms with Gasteiger partial charge in [-0.15, -0.1) is 0 Å². The molecular formula is C47H63N3O5. The number of hydrogen-bond acceptors (Lipinski definition) is 6. The highest BCUT2D eigenvalue weighted by Crippen LogP contribution is 2.52. The van der Waals surface area contributed by atoms with E-state index in [1.54, 1.807) is 20.8 Å². The number of hydrogen-bond donors (Lipinski definition) is 3. The maximum atomic E-state index is 15.0. The minimum absolute atomic E-state index is 0.0611. The monoisotopic (exact) mass is 749 g/mol. The number of aliphatic hydroxyl groups is 1. The number of esters is 1. The van der Waals surface area contributed by atoms with E-state index in [0.29, 0.717) is 34.6 Å². The van der Waals surface area contributed by atoms with Crippen molar-refractivity contribution in [2.75, 3.05) is 5.32 Å². The fourth-order valence-electron chi connectivity index (χ4n) is 9.40. The third-order valence-corrected chi connectivity index (χ3v) is 12.9. The number of rotatable bonds is 6. The molecule has 1 aliphatic heterocycles. The standard InChI is InChI=1S/C47H63N3O5/c1-14-27-23-29-26(4)37(48-32(29)22-25(27)3)35-39(51)36(40(35)52)38-33(28-18-16-15-17-19-28)34(42(49-38)50-44(54)47(11,12)13)43(53)55-41-30(45(5,6)7)20-24(2)21-31(41)46(8,9)10/h15-19,24-25,27,30-31,41,49,51H,14,20-23H2,1-13H3,(H,50,54)/b37-35-. The second kappa shape index (κ2) is 14.4. The van der Waals surface area contributed by atoms with Crippen molar-refractivity contribution in [1.29, 1.82) is 0 Å². The summed E-state index contributed by atoms with van der Waals surface area (Å²) in [6.45, 7) is 27.4. The topological polar surface area (TPSA) is 121 Å². The lowest BCUT2D eigenvalue weighted by Crippen LogP contribution is -2.49. The first-order valence-electron chi connectivity index (χ1n) is 20.4. The minimum atomic E-state index is -0.795. The van der Waals surface area contributed by atoms with E-state index in [1.165, 1.54) is 5.57 Å². The van der Waals surface area contributed by atoms with Gasteiger partial charge < -0.3 is 20.1 Å². The Labute approximate surface area is 328 Å². The number of benzene rings is 1. The maximum absolute atomic E-state index is 15.0. The van der Waals surface area contributed by atoms with Gasteiger partial charge in [-0.2, -0.15) is 0 Å². The number of anilines is 1. The van der Waals surface area contributed by atoms with Crippen LogP contribution < -0.4 is 5.32 Å². The predicted molar refractivity (Wildman–Crippen MR) is 222 cm³/mol. The van der Waals surface area contributed by atoms with E-state index in [1.807, 2.05) is 37.3 Å². The van der Waals surface area contributed by atoms with E-state index in [9.17, 15) is 14.7 Å². The minimum Gasteiger partial charge on any atom is -0.506 e. The van der Waals surface area contributed by atoms with Crippen molar-refractivity contribution in [2.45, 2.75) is 128 Å². The van der Waals surface area contributed by atoms with E-state index in [0.717, 1.165) is 43.4 Å². The summed E-state index contributed by atoms with van der Waals surface area (Å²) in [5.74, 6) is 0.413. The highest BCUT2D eigenvalue weighted by Gasteiger charge is 2.49. The summed E-state index contributed by atoms with van der Waals surface area (Å²) < 4.78 is 6.76. The summed E-state index contributed by atoms with van der Waals surface area (Å²) in [5, 5.41) is 14.9. The molecule has 55 heavy (non-hydrogen) atoms. The molecule has 2 fully saturated rings. The van der Waals surface area contributed by atoms with Gasteiger partial charge in [-0.25, -0.2) is 4.79 Å². The molecule has 0 saturated heterocycles. The van der Waals surface area contributed by atoms with Crippen LogP contribution in [0.4, 0.5) is 5.82 Å². The number of allylic oxidation sites excluding steroid dienone is 4. The van der Waals surface area contributed by atoms with Crippen molar-refractivity contribution in [1.82, 2.24) is 4.98 Å². The lowest BCUT2D eigenvalue weighted by molar-refractivity contribution is -0.123. The molecule has 2 saturated carbocycles. The number of aliphatic hydroxyl groups excluding tert-OH is 1. The molecule has 6 rings (SSSR count). The molecule has 0 bridgehead atoms. The van der Waals surface area contributed by atoms with Crippen LogP contribution in [0.3, 0.4) is 0 Å². The molecular weight excluding hydrogens is 687 g/mol. The second-order valence-electron chi connectivity index (χ2n) is 20.1. The number of aromatic nitrogens is 1. The third kappa shape index (κ3) is 7.42. The Morgan fingerprint density at radius 3 is 2.05 bits per heavy atom. The van der Waals surface area contributed by atoms with Crippen LogP contribution in [0.25, 0.3) is 16.7 Å². The Bertz CT molecular complexity index is 2000. The van der Waals surface area contributed by atoms with Gasteiger partial charge in [0.25, 0.3) is 0 Å².